The van der Waals surface area contributed by atoms with Gasteiger partial charge in [-0.2, -0.15) is 25.3 Å². The standard InChI is InChI=1S/C6H14OS2/c1-2-6(5-9)7-3-4-8/h6,8-9H,2-5H2,1H3. The topological polar surface area (TPSA) is 9.23 Å². The van der Waals surface area contributed by atoms with Crippen LogP contribution in [0.25, 0.3) is 0 Å². The maximum absolute atomic E-state index is 5.34. The summed E-state index contributed by atoms with van der Waals surface area (Å²) in [6.45, 7) is 2.83. The minimum atomic E-state index is 0.320. The first-order valence-electron chi connectivity index (χ1n) is 3.18. The highest BCUT2D eigenvalue weighted by atomic mass is 32.1. The summed E-state index contributed by atoms with van der Waals surface area (Å²) in [5.41, 5.74) is 0. The molecule has 56 valence electrons. The van der Waals surface area contributed by atoms with Crippen LogP contribution in [0.5, 0.6) is 0 Å². The van der Waals surface area contributed by atoms with Crippen LogP contribution >= 0.6 is 25.3 Å². The Morgan fingerprint density at radius 2 is 2.11 bits per heavy atom. The van der Waals surface area contributed by atoms with Gasteiger partial charge in [0.25, 0.3) is 0 Å². The Labute approximate surface area is 68.0 Å². The molecule has 0 radical (unpaired) electrons. The summed E-state index contributed by atoms with van der Waals surface area (Å²) in [5, 5.41) is 0. The van der Waals surface area contributed by atoms with Gasteiger partial charge in [-0.3, -0.25) is 0 Å². The van der Waals surface area contributed by atoms with Crippen LogP contribution in [0.4, 0.5) is 0 Å². The quantitative estimate of drug-likeness (QED) is 0.590. The van der Waals surface area contributed by atoms with Gasteiger partial charge in [0.15, 0.2) is 0 Å². The molecule has 1 atom stereocenters. The molecule has 0 aromatic rings. The SMILES string of the molecule is CCC(CS)OCCS. The zero-order chi connectivity index (χ0) is 7.11. The molecule has 0 bridgehead atoms. The van der Waals surface area contributed by atoms with Crippen LogP contribution in [0.15, 0.2) is 0 Å². The molecule has 0 N–H and O–H groups in total. The number of ether oxygens (including phenoxy) is 1. The van der Waals surface area contributed by atoms with Crippen molar-refractivity contribution in [1.29, 1.82) is 0 Å². The summed E-state index contributed by atoms with van der Waals surface area (Å²) < 4.78 is 5.34. The van der Waals surface area contributed by atoms with Crippen molar-refractivity contribution >= 4 is 25.3 Å². The van der Waals surface area contributed by atoms with Gasteiger partial charge in [-0.1, -0.05) is 6.92 Å². The molecule has 0 rings (SSSR count). The Morgan fingerprint density at radius 1 is 1.44 bits per heavy atom. The van der Waals surface area contributed by atoms with E-state index in [4.69, 9.17) is 4.74 Å². The van der Waals surface area contributed by atoms with Crippen LogP contribution in [0.2, 0.25) is 0 Å². The zero-order valence-corrected chi connectivity index (χ0v) is 7.50. The molecule has 0 amide bonds. The maximum atomic E-state index is 5.34. The molecule has 0 aliphatic carbocycles. The average Bonchev–Trinajstić information content (AvgIpc) is 1.91. The van der Waals surface area contributed by atoms with Crippen molar-refractivity contribution in [3.05, 3.63) is 0 Å². The molecule has 0 fully saturated rings. The van der Waals surface area contributed by atoms with E-state index in [0.717, 1.165) is 24.5 Å². The molecule has 0 aromatic heterocycles. The second kappa shape index (κ2) is 6.78. The number of hydrogen-bond donors (Lipinski definition) is 2. The third kappa shape index (κ3) is 5.12. The summed E-state index contributed by atoms with van der Waals surface area (Å²) in [5.74, 6) is 1.61. The highest BCUT2D eigenvalue weighted by Crippen LogP contribution is 1.99. The van der Waals surface area contributed by atoms with Crippen molar-refractivity contribution in [3.63, 3.8) is 0 Å². The van der Waals surface area contributed by atoms with Crippen LogP contribution in [-0.4, -0.2) is 24.2 Å². The van der Waals surface area contributed by atoms with Gasteiger partial charge in [-0.25, -0.2) is 0 Å². The van der Waals surface area contributed by atoms with Gasteiger partial charge in [0.05, 0.1) is 12.7 Å². The summed E-state index contributed by atoms with van der Waals surface area (Å²) in [4.78, 5) is 0. The van der Waals surface area contributed by atoms with E-state index in [1.807, 2.05) is 0 Å². The van der Waals surface area contributed by atoms with Crippen molar-refractivity contribution in [2.24, 2.45) is 0 Å². The molecular weight excluding hydrogens is 152 g/mol. The lowest BCUT2D eigenvalue weighted by molar-refractivity contribution is 0.0797. The number of thiol groups is 2. The Bertz CT molecular complexity index is 55.0. The molecule has 0 spiro atoms. The van der Waals surface area contributed by atoms with Gasteiger partial charge in [-0.15, -0.1) is 0 Å². The second-order valence-corrected chi connectivity index (χ2v) is 2.62. The number of hydrogen-bond acceptors (Lipinski definition) is 3. The van der Waals surface area contributed by atoms with Crippen molar-refractivity contribution in [2.45, 2.75) is 19.4 Å². The van der Waals surface area contributed by atoms with E-state index in [2.05, 4.69) is 32.2 Å². The predicted molar refractivity (Wildman–Crippen MR) is 47.7 cm³/mol. The van der Waals surface area contributed by atoms with E-state index in [9.17, 15) is 0 Å². The smallest absolute Gasteiger partial charge is 0.0660 e. The van der Waals surface area contributed by atoms with Crippen LogP contribution < -0.4 is 0 Å². The maximum Gasteiger partial charge on any atom is 0.0660 e. The summed E-state index contributed by atoms with van der Waals surface area (Å²) >= 11 is 8.14. The van der Waals surface area contributed by atoms with Crippen LogP contribution in [0.1, 0.15) is 13.3 Å². The first-order valence-corrected chi connectivity index (χ1v) is 4.45. The third-order valence-corrected chi connectivity index (χ3v) is 1.69. The van der Waals surface area contributed by atoms with E-state index >= 15 is 0 Å². The Kier molecular flexibility index (Phi) is 7.27. The van der Waals surface area contributed by atoms with Gasteiger partial charge >= 0.3 is 0 Å². The van der Waals surface area contributed by atoms with Crippen molar-refractivity contribution in [2.75, 3.05) is 18.1 Å². The predicted octanol–water partition coefficient (Wildman–Crippen LogP) is 1.64. The lowest BCUT2D eigenvalue weighted by Crippen LogP contribution is -2.14. The van der Waals surface area contributed by atoms with Crippen molar-refractivity contribution in [3.8, 4) is 0 Å². The van der Waals surface area contributed by atoms with E-state index in [0.29, 0.717) is 6.10 Å². The molecule has 0 heterocycles. The lowest BCUT2D eigenvalue weighted by atomic mass is 10.3. The fraction of sp³-hybridized carbons (Fsp3) is 1.00. The van der Waals surface area contributed by atoms with Crippen LogP contribution in [0.3, 0.4) is 0 Å². The summed E-state index contributed by atoms with van der Waals surface area (Å²) in [7, 11) is 0. The minimum absolute atomic E-state index is 0.320. The largest absolute Gasteiger partial charge is 0.377 e. The number of rotatable bonds is 5. The zero-order valence-electron chi connectivity index (χ0n) is 5.71. The molecule has 3 heteroatoms. The van der Waals surface area contributed by atoms with E-state index < -0.39 is 0 Å². The lowest BCUT2D eigenvalue weighted by Gasteiger charge is -2.11. The summed E-state index contributed by atoms with van der Waals surface area (Å²) in [6, 6.07) is 0. The Balaban J connectivity index is 3.09. The molecule has 0 aromatic carbocycles. The normalized spacial score (nSPS) is 13.7. The minimum Gasteiger partial charge on any atom is -0.377 e. The monoisotopic (exact) mass is 166 g/mol. The summed E-state index contributed by atoms with van der Waals surface area (Å²) in [6.07, 6.45) is 1.36. The Morgan fingerprint density at radius 3 is 2.44 bits per heavy atom. The second-order valence-electron chi connectivity index (χ2n) is 1.81. The average molecular weight is 166 g/mol. The molecule has 1 nitrogen and oxygen atoms in total. The first kappa shape index (κ1) is 9.66. The van der Waals surface area contributed by atoms with E-state index in [1.165, 1.54) is 0 Å². The Hall–Kier alpha value is 0.660. The first-order chi connectivity index (χ1) is 4.35. The van der Waals surface area contributed by atoms with Crippen molar-refractivity contribution in [1.82, 2.24) is 0 Å². The fourth-order valence-corrected chi connectivity index (χ4v) is 0.988. The van der Waals surface area contributed by atoms with Crippen LogP contribution in [0, 0.1) is 0 Å². The van der Waals surface area contributed by atoms with E-state index in [1.54, 1.807) is 0 Å². The van der Waals surface area contributed by atoms with Crippen molar-refractivity contribution < 1.29 is 4.74 Å². The van der Waals surface area contributed by atoms with Gasteiger partial charge in [0.2, 0.25) is 0 Å². The van der Waals surface area contributed by atoms with Gasteiger partial charge < -0.3 is 4.74 Å². The highest BCUT2D eigenvalue weighted by molar-refractivity contribution is 7.80. The molecule has 0 saturated carbocycles. The van der Waals surface area contributed by atoms with E-state index in [-0.39, 0.29) is 0 Å². The fourth-order valence-electron chi connectivity index (χ4n) is 0.519. The molecule has 0 aliphatic rings. The highest BCUT2D eigenvalue weighted by Gasteiger charge is 2.00. The molecule has 0 saturated heterocycles. The third-order valence-electron chi connectivity index (χ3n) is 1.10. The van der Waals surface area contributed by atoms with Gasteiger partial charge in [0, 0.05) is 11.5 Å². The van der Waals surface area contributed by atoms with Gasteiger partial charge in [-0.05, 0) is 6.42 Å². The molecular formula is C6H14OS2. The molecule has 1 unspecified atom stereocenters. The van der Waals surface area contributed by atoms with Gasteiger partial charge in [0.1, 0.15) is 0 Å². The molecule has 9 heavy (non-hydrogen) atoms. The van der Waals surface area contributed by atoms with Crippen LogP contribution in [-0.2, 0) is 4.74 Å². The molecule has 0 aliphatic heterocycles.